The van der Waals surface area contributed by atoms with Gasteiger partial charge in [0.15, 0.2) is 0 Å². The summed E-state index contributed by atoms with van der Waals surface area (Å²) in [6.07, 6.45) is 31.5. The third kappa shape index (κ3) is 18.3. The van der Waals surface area contributed by atoms with E-state index in [1.807, 2.05) is 12.2 Å². The average Bonchev–Trinajstić information content (AvgIpc) is 2.93. The molecule has 1 aromatic carbocycles. The molecule has 0 saturated carbocycles. The predicted molar refractivity (Wildman–Crippen MR) is 161 cm³/mol. The Bertz CT molecular complexity index is 1060. The molecular weight excluding hydrogens is 504 g/mol. The normalized spacial score (nSPS) is 12.9. The van der Waals surface area contributed by atoms with Crippen molar-refractivity contribution in [3.05, 3.63) is 103 Å². The van der Waals surface area contributed by atoms with Crippen LogP contribution in [0.15, 0.2) is 97.2 Å². The molecule has 0 saturated heterocycles. The van der Waals surface area contributed by atoms with E-state index in [4.69, 9.17) is 14.2 Å². The number of allylic oxidation sites excluding steroid dienone is 12. The Hall–Kier alpha value is -3.93. The lowest BCUT2D eigenvalue weighted by Crippen LogP contribution is -2.23. The second-order valence-electron chi connectivity index (χ2n) is 8.94. The van der Waals surface area contributed by atoms with Gasteiger partial charge in [0.2, 0.25) is 0 Å². The molecule has 0 bridgehead atoms. The van der Waals surface area contributed by atoms with Gasteiger partial charge in [0.05, 0.1) is 0 Å². The minimum absolute atomic E-state index is 0.0515. The van der Waals surface area contributed by atoms with E-state index >= 15 is 0 Å². The largest absolute Gasteiger partial charge is 0.462 e. The molecule has 6 heteroatoms. The number of benzene rings is 1. The first-order valence-corrected chi connectivity index (χ1v) is 14.0. The summed E-state index contributed by atoms with van der Waals surface area (Å²) in [6, 6.07) is 6.31. The summed E-state index contributed by atoms with van der Waals surface area (Å²) < 4.78 is 15.5. The Morgan fingerprint density at radius 2 is 1.25 bits per heavy atom. The molecule has 6 nitrogen and oxygen atoms in total. The summed E-state index contributed by atoms with van der Waals surface area (Å²) in [4.78, 5) is 35.6. The van der Waals surface area contributed by atoms with Crippen LogP contribution >= 0.6 is 0 Å². The van der Waals surface area contributed by atoms with E-state index in [1.54, 1.807) is 19.1 Å². The third-order valence-corrected chi connectivity index (χ3v) is 5.26. The van der Waals surface area contributed by atoms with Gasteiger partial charge in [-0.05, 0) is 64.0 Å². The number of carbonyl (C=O) groups excluding carboxylic acids is 3. The van der Waals surface area contributed by atoms with Gasteiger partial charge in [0.1, 0.15) is 24.0 Å². The van der Waals surface area contributed by atoms with Gasteiger partial charge in [-0.15, -0.1) is 0 Å². The van der Waals surface area contributed by atoms with Crippen molar-refractivity contribution in [3.8, 4) is 5.75 Å². The van der Waals surface area contributed by atoms with Crippen LogP contribution in [0.5, 0.6) is 5.75 Å². The number of carbonyl (C=O) groups is 3. The minimum atomic E-state index is -0.654. The molecule has 1 rings (SSSR count). The highest BCUT2D eigenvalue weighted by molar-refractivity contribution is 5.93. The van der Waals surface area contributed by atoms with E-state index in [0.29, 0.717) is 6.42 Å². The van der Waals surface area contributed by atoms with Gasteiger partial charge in [-0.3, -0.25) is 9.59 Å². The maximum atomic E-state index is 12.4. The molecule has 40 heavy (non-hydrogen) atoms. The molecule has 0 aliphatic heterocycles. The van der Waals surface area contributed by atoms with E-state index in [0.717, 1.165) is 38.5 Å². The Kier molecular flexibility index (Phi) is 19.6. The Morgan fingerprint density at radius 1 is 0.750 bits per heavy atom. The zero-order chi connectivity index (χ0) is 29.3. The van der Waals surface area contributed by atoms with Gasteiger partial charge < -0.3 is 14.2 Å². The van der Waals surface area contributed by atoms with Crippen molar-refractivity contribution in [1.29, 1.82) is 0 Å². The fourth-order valence-corrected chi connectivity index (χ4v) is 3.28. The van der Waals surface area contributed by atoms with Crippen LogP contribution in [0.3, 0.4) is 0 Å². The van der Waals surface area contributed by atoms with E-state index in [2.05, 4.69) is 67.7 Å². The van der Waals surface area contributed by atoms with E-state index in [-0.39, 0.29) is 30.3 Å². The van der Waals surface area contributed by atoms with Crippen molar-refractivity contribution >= 4 is 17.9 Å². The molecule has 1 aromatic rings. The number of ether oxygens (including phenoxy) is 3. The van der Waals surface area contributed by atoms with Crippen LogP contribution in [0.2, 0.25) is 0 Å². The molecular formula is C34H44O6. The van der Waals surface area contributed by atoms with Gasteiger partial charge >= 0.3 is 17.9 Å². The van der Waals surface area contributed by atoms with Crippen molar-refractivity contribution in [2.24, 2.45) is 0 Å². The SMILES string of the molecule is CC/C=C\C/C=C\C/C=C\C/C=C\C/C=C\C/C=C\CCC(=O)OCC(C)OC(=O)c1ccccc1OC(C)=O. The van der Waals surface area contributed by atoms with Crippen LogP contribution in [-0.4, -0.2) is 30.6 Å². The molecule has 1 unspecified atom stereocenters. The summed E-state index contributed by atoms with van der Waals surface area (Å²) in [7, 11) is 0. The van der Waals surface area contributed by atoms with Crippen LogP contribution in [0.1, 0.15) is 82.5 Å². The minimum Gasteiger partial charge on any atom is -0.462 e. The lowest BCUT2D eigenvalue weighted by molar-refractivity contribution is -0.146. The monoisotopic (exact) mass is 548 g/mol. The van der Waals surface area contributed by atoms with Gasteiger partial charge in [-0.25, -0.2) is 4.79 Å². The highest BCUT2D eigenvalue weighted by atomic mass is 16.6. The fourth-order valence-electron chi connectivity index (χ4n) is 3.28. The fraction of sp³-hybridized carbons (Fsp3) is 0.382. The van der Waals surface area contributed by atoms with Crippen LogP contribution in [0.25, 0.3) is 0 Å². The van der Waals surface area contributed by atoms with E-state index < -0.39 is 18.0 Å². The molecule has 0 N–H and O–H groups in total. The second kappa shape index (κ2) is 23.0. The first-order chi connectivity index (χ1) is 19.4. The zero-order valence-electron chi connectivity index (χ0n) is 24.1. The Labute approximate surface area is 239 Å². The quantitative estimate of drug-likeness (QED) is 0.0985. The summed E-state index contributed by atoms with van der Waals surface area (Å²) in [5, 5.41) is 0. The van der Waals surface area contributed by atoms with Crippen LogP contribution < -0.4 is 4.74 Å². The number of hydrogen-bond donors (Lipinski definition) is 0. The summed E-state index contributed by atoms with van der Waals surface area (Å²) in [5.74, 6) is -1.42. The average molecular weight is 549 g/mol. The lowest BCUT2D eigenvalue weighted by atomic mass is 10.2. The van der Waals surface area contributed by atoms with Gasteiger partial charge in [-0.1, -0.05) is 92.0 Å². The van der Waals surface area contributed by atoms with Crippen molar-refractivity contribution in [1.82, 2.24) is 0 Å². The molecule has 1 atom stereocenters. The molecule has 0 aliphatic carbocycles. The van der Waals surface area contributed by atoms with Crippen molar-refractivity contribution in [3.63, 3.8) is 0 Å². The molecule has 0 aromatic heterocycles. The van der Waals surface area contributed by atoms with Crippen LogP contribution in [0, 0.1) is 0 Å². The van der Waals surface area contributed by atoms with E-state index in [9.17, 15) is 14.4 Å². The maximum Gasteiger partial charge on any atom is 0.342 e. The highest BCUT2D eigenvalue weighted by Gasteiger charge is 2.18. The van der Waals surface area contributed by atoms with Crippen molar-refractivity contribution in [2.45, 2.75) is 78.2 Å². The summed E-state index contributed by atoms with van der Waals surface area (Å²) >= 11 is 0. The Morgan fingerprint density at radius 3 is 1.77 bits per heavy atom. The summed E-state index contributed by atoms with van der Waals surface area (Å²) in [6.45, 7) is 4.97. The topological polar surface area (TPSA) is 78.9 Å². The first kappa shape index (κ1) is 34.1. The maximum absolute atomic E-state index is 12.4. The smallest absolute Gasteiger partial charge is 0.342 e. The van der Waals surface area contributed by atoms with Crippen molar-refractivity contribution in [2.75, 3.05) is 6.61 Å². The van der Waals surface area contributed by atoms with Crippen LogP contribution in [-0.2, 0) is 19.1 Å². The molecule has 0 spiro atoms. The third-order valence-electron chi connectivity index (χ3n) is 5.26. The molecule has 0 amide bonds. The summed E-state index contributed by atoms with van der Waals surface area (Å²) in [5.41, 5.74) is 0.133. The lowest BCUT2D eigenvalue weighted by Gasteiger charge is -2.15. The number of rotatable bonds is 19. The standard InChI is InChI=1S/C34H44O6/c1-4-5-6-7-8-9-10-11-12-13-14-15-16-17-18-19-20-21-22-27-33(36)38-28-29(2)39-34(37)31-25-23-24-26-32(31)40-30(3)35/h5-6,8-9,11-12,14-15,17-18,20-21,23-26,29H,4,7,10,13,16,19,22,27-28H2,1-3H3/b6-5-,9-8-,12-11-,15-14-,18-17-,21-20-. The Balaban J connectivity index is 2.13. The number of para-hydroxylation sites is 1. The number of hydrogen-bond acceptors (Lipinski definition) is 6. The predicted octanol–water partition coefficient (Wildman–Crippen LogP) is 8.18. The zero-order valence-corrected chi connectivity index (χ0v) is 24.1. The van der Waals surface area contributed by atoms with E-state index in [1.165, 1.54) is 19.1 Å². The highest BCUT2D eigenvalue weighted by Crippen LogP contribution is 2.20. The number of esters is 3. The molecule has 216 valence electrons. The molecule has 0 radical (unpaired) electrons. The molecule has 0 aliphatic rings. The van der Waals surface area contributed by atoms with Crippen LogP contribution in [0.4, 0.5) is 0 Å². The van der Waals surface area contributed by atoms with Crippen molar-refractivity contribution < 1.29 is 28.6 Å². The van der Waals surface area contributed by atoms with Gasteiger partial charge in [0, 0.05) is 13.3 Å². The first-order valence-electron chi connectivity index (χ1n) is 14.0. The van der Waals surface area contributed by atoms with Gasteiger partial charge in [-0.2, -0.15) is 0 Å². The molecule has 0 heterocycles. The van der Waals surface area contributed by atoms with Gasteiger partial charge in [0.25, 0.3) is 0 Å². The second-order valence-corrected chi connectivity index (χ2v) is 8.94. The molecule has 0 fully saturated rings.